The van der Waals surface area contributed by atoms with Crippen LogP contribution in [0, 0.1) is 18.8 Å². The van der Waals surface area contributed by atoms with Gasteiger partial charge in [0.25, 0.3) is 5.91 Å². The molecule has 0 saturated carbocycles. The van der Waals surface area contributed by atoms with Crippen LogP contribution in [0.2, 0.25) is 0 Å². The van der Waals surface area contributed by atoms with Crippen LogP contribution in [-0.4, -0.2) is 74.5 Å². The molecule has 1 aliphatic rings. The molecule has 0 atom stereocenters. The average molecular weight is 535 g/mol. The van der Waals surface area contributed by atoms with Gasteiger partial charge in [-0.2, -0.15) is 5.10 Å². The highest BCUT2D eigenvalue weighted by atomic mass is 16.3. The van der Waals surface area contributed by atoms with E-state index in [0.29, 0.717) is 46.9 Å². The Balaban J connectivity index is 0.000000771. The Hall–Kier alpha value is -4.12. The van der Waals surface area contributed by atoms with Crippen molar-refractivity contribution in [1.29, 1.82) is 0 Å². The van der Waals surface area contributed by atoms with Gasteiger partial charge in [-0.1, -0.05) is 33.3 Å². The first kappa shape index (κ1) is 29.4. The van der Waals surface area contributed by atoms with E-state index in [9.17, 15) is 9.59 Å². The molecule has 11 heteroatoms. The van der Waals surface area contributed by atoms with Gasteiger partial charge in [0.2, 0.25) is 0 Å². The molecular weight excluding hydrogens is 496 g/mol. The molecule has 0 unspecified atom stereocenters. The molecule has 11 nitrogen and oxygen atoms in total. The predicted octanol–water partition coefficient (Wildman–Crippen LogP) is 4.30. The Morgan fingerprint density at radius 3 is 2.54 bits per heavy atom. The Kier molecular flexibility index (Phi) is 10.3. The van der Waals surface area contributed by atoms with Crippen LogP contribution in [0.5, 0.6) is 0 Å². The SMILES string of the molecule is C/C=C(\C=NC)c1cn2ncc(C(=O)Nc3cc(NC(=O)N4CC(CO)C4)cnc3C)c2cn1.CCC(C)C. The van der Waals surface area contributed by atoms with Crippen LogP contribution < -0.4 is 10.6 Å². The molecule has 4 rings (SSSR count). The number of allylic oxidation sites excluding steroid dienone is 2. The zero-order chi connectivity index (χ0) is 28.5. The highest BCUT2D eigenvalue weighted by Gasteiger charge is 2.30. The largest absolute Gasteiger partial charge is 0.396 e. The standard InChI is InChI=1S/C23H26N8O3.C5H12/c1-4-16(6-24-3)20-12-31-21(9-26-20)18(8-27-31)22(33)29-19-5-17(7-25-14(19)2)28-23(34)30-10-15(11-30)13-32;1-4-5(2)3/h4-9,12,15,32H,10-11,13H2,1-3H3,(H,28,34)(H,29,33);5H,4H2,1-3H3/b16-4+,24-6?;. The fourth-order valence-corrected chi connectivity index (χ4v) is 3.61. The van der Waals surface area contributed by atoms with E-state index in [0.717, 1.165) is 11.5 Å². The number of nitrogens with zero attached hydrogens (tertiary/aromatic N) is 6. The van der Waals surface area contributed by atoms with Crippen molar-refractivity contribution in [3.63, 3.8) is 0 Å². The quantitative estimate of drug-likeness (QED) is 0.387. The van der Waals surface area contributed by atoms with Gasteiger partial charge in [-0.15, -0.1) is 0 Å². The van der Waals surface area contributed by atoms with E-state index in [2.05, 4.69) is 51.5 Å². The van der Waals surface area contributed by atoms with E-state index in [1.54, 1.807) is 48.1 Å². The van der Waals surface area contributed by atoms with E-state index in [1.807, 2.05) is 13.0 Å². The number of aliphatic hydroxyl groups is 1. The van der Waals surface area contributed by atoms with Crippen molar-refractivity contribution >= 4 is 40.6 Å². The minimum absolute atomic E-state index is 0.0654. The van der Waals surface area contributed by atoms with Gasteiger partial charge in [0.15, 0.2) is 0 Å². The van der Waals surface area contributed by atoms with Crippen molar-refractivity contribution in [2.75, 3.05) is 37.4 Å². The number of amides is 3. The maximum absolute atomic E-state index is 13.0. The third-order valence-corrected chi connectivity index (χ3v) is 6.43. The van der Waals surface area contributed by atoms with Gasteiger partial charge in [-0.25, -0.2) is 9.31 Å². The molecule has 39 heavy (non-hydrogen) atoms. The molecule has 0 aromatic carbocycles. The summed E-state index contributed by atoms with van der Waals surface area (Å²) in [5.74, 6) is 0.639. The summed E-state index contributed by atoms with van der Waals surface area (Å²) in [5.41, 5.74) is 3.97. The van der Waals surface area contributed by atoms with E-state index < -0.39 is 0 Å². The van der Waals surface area contributed by atoms with Crippen molar-refractivity contribution in [1.82, 2.24) is 24.5 Å². The number of likely N-dealkylation sites (tertiary alicyclic amines) is 1. The summed E-state index contributed by atoms with van der Waals surface area (Å²) in [6.07, 6.45) is 11.3. The lowest BCUT2D eigenvalue weighted by Gasteiger charge is -2.38. The second kappa shape index (κ2) is 13.6. The van der Waals surface area contributed by atoms with Gasteiger partial charge in [-0.05, 0) is 25.8 Å². The van der Waals surface area contributed by atoms with Gasteiger partial charge < -0.3 is 20.6 Å². The van der Waals surface area contributed by atoms with Crippen LogP contribution in [0.1, 0.15) is 55.9 Å². The molecule has 1 saturated heterocycles. The molecule has 4 heterocycles. The zero-order valence-corrected chi connectivity index (χ0v) is 23.5. The van der Waals surface area contributed by atoms with Crippen LogP contribution >= 0.6 is 0 Å². The number of aryl methyl sites for hydroxylation is 1. The lowest BCUT2D eigenvalue weighted by atomic mass is 10.0. The van der Waals surface area contributed by atoms with E-state index in [-0.39, 0.29) is 24.5 Å². The first-order valence-electron chi connectivity index (χ1n) is 13.1. The maximum atomic E-state index is 13.0. The Morgan fingerprint density at radius 1 is 1.21 bits per heavy atom. The fourth-order valence-electron chi connectivity index (χ4n) is 3.61. The topological polar surface area (TPSA) is 137 Å². The lowest BCUT2D eigenvalue weighted by Crippen LogP contribution is -2.52. The van der Waals surface area contributed by atoms with Crippen LogP contribution in [-0.2, 0) is 0 Å². The van der Waals surface area contributed by atoms with Gasteiger partial charge in [0.05, 0.1) is 58.6 Å². The second-order valence-electron chi connectivity index (χ2n) is 9.79. The van der Waals surface area contributed by atoms with Crippen molar-refractivity contribution in [3.8, 4) is 0 Å². The predicted molar refractivity (Wildman–Crippen MR) is 154 cm³/mol. The Morgan fingerprint density at radius 2 is 1.92 bits per heavy atom. The van der Waals surface area contributed by atoms with Gasteiger partial charge in [0.1, 0.15) is 0 Å². The number of urea groups is 1. The molecule has 0 radical (unpaired) electrons. The van der Waals surface area contributed by atoms with E-state index in [1.165, 1.54) is 18.8 Å². The molecule has 3 N–H and O–H groups in total. The average Bonchev–Trinajstić information content (AvgIpc) is 3.32. The maximum Gasteiger partial charge on any atom is 0.321 e. The summed E-state index contributed by atoms with van der Waals surface area (Å²) in [4.78, 5) is 39.7. The number of hydrogen-bond donors (Lipinski definition) is 3. The lowest BCUT2D eigenvalue weighted by molar-refractivity contribution is 0.0838. The number of pyridine rings is 1. The highest BCUT2D eigenvalue weighted by Crippen LogP contribution is 2.22. The van der Waals surface area contributed by atoms with Gasteiger partial charge >= 0.3 is 6.03 Å². The van der Waals surface area contributed by atoms with Crippen LogP contribution in [0.3, 0.4) is 0 Å². The summed E-state index contributed by atoms with van der Waals surface area (Å²) in [6, 6.07) is 1.39. The summed E-state index contributed by atoms with van der Waals surface area (Å²) in [6.45, 7) is 11.4. The molecule has 3 amide bonds. The number of nitrogens with one attached hydrogen (secondary N) is 2. The number of anilines is 2. The zero-order valence-electron chi connectivity index (χ0n) is 23.5. The highest BCUT2D eigenvalue weighted by molar-refractivity contribution is 6.10. The van der Waals surface area contributed by atoms with Crippen LogP contribution in [0.25, 0.3) is 11.1 Å². The van der Waals surface area contributed by atoms with Crippen molar-refractivity contribution in [3.05, 3.63) is 53.9 Å². The van der Waals surface area contributed by atoms with Crippen LogP contribution in [0.15, 0.2) is 41.9 Å². The molecule has 0 aliphatic carbocycles. The molecule has 1 fully saturated rings. The van der Waals surface area contributed by atoms with Crippen molar-refractivity contribution in [2.24, 2.45) is 16.8 Å². The number of carbonyl (C=O) groups is 2. The normalized spacial score (nSPS) is 13.8. The second-order valence-corrected chi connectivity index (χ2v) is 9.79. The molecule has 208 valence electrons. The molecule has 3 aromatic heterocycles. The number of rotatable bonds is 7. The fraction of sp³-hybridized carbons (Fsp3) is 0.429. The summed E-state index contributed by atoms with van der Waals surface area (Å²) >= 11 is 0. The summed E-state index contributed by atoms with van der Waals surface area (Å²) < 4.78 is 1.60. The number of hydrogen-bond acceptors (Lipinski definition) is 7. The van der Waals surface area contributed by atoms with E-state index >= 15 is 0 Å². The van der Waals surface area contributed by atoms with E-state index in [4.69, 9.17) is 5.11 Å². The number of aromatic nitrogens is 4. The van der Waals surface area contributed by atoms with Crippen LogP contribution in [0.4, 0.5) is 16.2 Å². The van der Waals surface area contributed by atoms with Crippen molar-refractivity contribution < 1.29 is 14.7 Å². The van der Waals surface area contributed by atoms with Gasteiger partial charge in [0, 0.05) is 44.4 Å². The molecule has 1 aliphatic heterocycles. The Bertz CT molecular complexity index is 1360. The monoisotopic (exact) mass is 534 g/mol. The number of carbonyl (C=O) groups excluding carboxylic acids is 2. The third kappa shape index (κ3) is 7.47. The number of fused-ring (bicyclic) bond motifs is 1. The smallest absolute Gasteiger partial charge is 0.321 e. The molecule has 0 spiro atoms. The minimum atomic E-state index is -0.368. The van der Waals surface area contributed by atoms with Crippen molar-refractivity contribution in [2.45, 2.75) is 41.0 Å². The molecule has 0 bridgehead atoms. The first-order chi connectivity index (χ1) is 18.7. The van der Waals surface area contributed by atoms with Gasteiger partial charge in [-0.3, -0.25) is 19.8 Å². The minimum Gasteiger partial charge on any atom is -0.396 e. The number of aliphatic imine (C=N–C) groups is 1. The molecular formula is C28H38N8O3. The first-order valence-corrected chi connectivity index (χ1v) is 13.1. The summed E-state index contributed by atoms with van der Waals surface area (Å²) in [7, 11) is 1.69. The number of aliphatic hydroxyl groups excluding tert-OH is 1. The summed E-state index contributed by atoms with van der Waals surface area (Å²) in [5, 5.41) is 19.0. The Labute approximate surface area is 229 Å². The third-order valence-electron chi connectivity index (χ3n) is 6.43. The molecule has 3 aromatic rings.